The molecule has 3 rings (SSSR count). The maximum absolute atomic E-state index is 13.2. The van der Waals surface area contributed by atoms with Gasteiger partial charge in [0.05, 0.1) is 39.7 Å². The molecule has 0 N–H and O–H groups in total. The number of rotatable bonds is 4. The Labute approximate surface area is 164 Å². The van der Waals surface area contributed by atoms with Gasteiger partial charge in [0.25, 0.3) is 11.4 Å². The Balaban J connectivity index is 2.49. The molecule has 10 heteroatoms. The van der Waals surface area contributed by atoms with Crippen LogP contribution in [0.2, 0.25) is 0 Å². The average Bonchev–Trinajstić information content (AvgIpc) is 3.23. The van der Waals surface area contributed by atoms with E-state index in [1.807, 2.05) is 0 Å². The number of benzene rings is 1. The highest BCUT2D eigenvalue weighted by Gasteiger charge is 2.73. The molecule has 2 aliphatic rings. The van der Waals surface area contributed by atoms with E-state index in [0.717, 1.165) is 33.3 Å². The first-order valence-corrected chi connectivity index (χ1v) is 8.33. The van der Waals surface area contributed by atoms with Crippen LogP contribution in [0.15, 0.2) is 29.8 Å². The van der Waals surface area contributed by atoms with Crippen LogP contribution < -0.4 is 0 Å². The molecule has 0 radical (unpaired) electrons. The molecule has 0 fully saturated rings. The number of ether oxygens (including phenoxy) is 4. The van der Waals surface area contributed by atoms with Gasteiger partial charge in [0.1, 0.15) is 5.92 Å². The van der Waals surface area contributed by atoms with Crippen LogP contribution in [0.1, 0.15) is 15.9 Å². The number of methoxy groups -OCH3 is 4. The maximum Gasteiger partial charge on any atom is 0.345 e. The van der Waals surface area contributed by atoms with Crippen LogP contribution in [0.5, 0.6) is 0 Å². The zero-order valence-electron chi connectivity index (χ0n) is 16.0. The molecule has 0 bridgehead atoms. The fourth-order valence-corrected chi connectivity index (χ4v) is 3.84. The number of carbonyl (C=O) groups excluding carboxylic acids is 5. The van der Waals surface area contributed by atoms with Crippen molar-refractivity contribution in [2.75, 3.05) is 28.4 Å². The van der Waals surface area contributed by atoms with Crippen molar-refractivity contribution in [2.24, 2.45) is 5.92 Å². The van der Waals surface area contributed by atoms with Crippen LogP contribution in [0.4, 0.5) is 0 Å². The summed E-state index contributed by atoms with van der Waals surface area (Å²) in [4.78, 5) is 65.3. The molecule has 1 atom stereocenters. The minimum Gasteiger partial charge on any atom is -0.468 e. The molecule has 1 aromatic rings. The van der Waals surface area contributed by atoms with Crippen molar-refractivity contribution in [3.05, 3.63) is 41.0 Å². The summed E-state index contributed by atoms with van der Waals surface area (Å²) < 4.78 is 19.1. The van der Waals surface area contributed by atoms with Crippen LogP contribution in [0, 0.1) is 5.92 Å². The van der Waals surface area contributed by atoms with Gasteiger partial charge in [0.15, 0.2) is 0 Å². The first kappa shape index (κ1) is 20.1. The van der Waals surface area contributed by atoms with E-state index >= 15 is 0 Å². The van der Waals surface area contributed by atoms with E-state index in [0.29, 0.717) is 0 Å². The molecule has 10 nitrogen and oxygen atoms in total. The summed E-state index contributed by atoms with van der Waals surface area (Å²) in [6, 6.07) is 6.16. The lowest BCUT2D eigenvalue weighted by Crippen LogP contribution is -2.64. The molecule has 0 saturated carbocycles. The lowest BCUT2D eigenvalue weighted by atomic mass is 9.79. The van der Waals surface area contributed by atoms with E-state index in [2.05, 4.69) is 0 Å². The monoisotopic (exact) mass is 403 g/mol. The Morgan fingerprint density at radius 3 is 1.90 bits per heavy atom. The lowest BCUT2D eigenvalue weighted by Gasteiger charge is -2.35. The van der Waals surface area contributed by atoms with Gasteiger partial charge >= 0.3 is 23.9 Å². The van der Waals surface area contributed by atoms with Crippen LogP contribution in [0.25, 0.3) is 5.70 Å². The molecule has 29 heavy (non-hydrogen) atoms. The molecule has 1 unspecified atom stereocenters. The van der Waals surface area contributed by atoms with Gasteiger partial charge in [-0.25, -0.2) is 14.4 Å². The number of hydrogen-bond acceptors (Lipinski definition) is 9. The molecular weight excluding hydrogens is 386 g/mol. The third-order valence-corrected chi connectivity index (χ3v) is 4.99. The van der Waals surface area contributed by atoms with E-state index in [-0.39, 0.29) is 22.4 Å². The summed E-state index contributed by atoms with van der Waals surface area (Å²) in [6.45, 7) is 0. The molecule has 0 aliphatic carbocycles. The standard InChI is InChI=1S/C19H17NO9/c1-26-15(22)11-12(16(23)27-2)19(17(24)28-3,18(25)29-4)20-13(11)9-7-5-6-8-10(9)14(20)21/h5-8,12H,1-4H3. The Morgan fingerprint density at radius 2 is 1.41 bits per heavy atom. The number of hydrogen-bond donors (Lipinski definition) is 0. The van der Waals surface area contributed by atoms with Crippen molar-refractivity contribution in [1.29, 1.82) is 0 Å². The smallest absolute Gasteiger partial charge is 0.345 e. The fraction of sp³-hybridized carbons (Fsp3) is 0.316. The Bertz CT molecular complexity index is 962. The van der Waals surface area contributed by atoms with Crippen molar-refractivity contribution in [3.63, 3.8) is 0 Å². The summed E-state index contributed by atoms with van der Waals surface area (Å²) in [5, 5.41) is 0. The molecule has 2 aliphatic heterocycles. The van der Waals surface area contributed by atoms with E-state index in [4.69, 9.17) is 18.9 Å². The normalized spacial score (nSPS) is 18.7. The zero-order chi connectivity index (χ0) is 21.5. The van der Waals surface area contributed by atoms with Gasteiger partial charge < -0.3 is 18.9 Å². The van der Waals surface area contributed by atoms with Gasteiger partial charge in [0, 0.05) is 11.1 Å². The molecule has 1 aromatic carbocycles. The Morgan fingerprint density at radius 1 is 0.862 bits per heavy atom. The predicted octanol–water partition coefficient (Wildman–Crippen LogP) is -0.0859. The second-order valence-corrected chi connectivity index (χ2v) is 6.15. The topological polar surface area (TPSA) is 126 Å². The molecule has 0 aromatic heterocycles. The molecular formula is C19H17NO9. The molecule has 1 amide bonds. The van der Waals surface area contributed by atoms with E-state index in [9.17, 15) is 24.0 Å². The van der Waals surface area contributed by atoms with Gasteiger partial charge in [-0.1, -0.05) is 18.2 Å². The van der Waals surface area contributed by atoms with Crippen LogP contribution in [0.3, 0.4) is 0 Å². The maximum atomic E-state index is 13.2. The summed E-state index contributed by atoms with van der Waals surface area (Å²) in [5.74, 6) is -7.30. The highest BCUT2D eigenvalue weighted by Crippen LogP contribution is 2.53. The second kappa shape index (κ2) is 7.04. The second-order valence-electron chi connectivity index (χ2n) is 6.15. The highest BCUT2D eigenvalue weighted by molar-refractivity contribution is 6.26. The van der Waals surface area contributed by atoms with Crippen molar-refractivity contribution < 1.29 is 42.9 Å². The van der Waals surface area contributed by atoms with Crippen molar-refractivity contribution >= 4 is 35.5 Å². The Hall–Kier alpha value is -3.69. The average molecular weight is 403 g/mol. The van der Waals surface area contributed by atoms with E-state index in [1.165, 1.54) is 12.1 Å². The van der Waals surface area contributed by atoms with Crippen LogP contribution in [-0.4, -0.2) is 68.7 Å². The van der Waals surface area contributed by atoms with Crippen molar-refractivity contribution in [3.8, 4) is 0 Å². The van der Waals surface area contributed by atoms with Gasteiger partial charge in [0.2, 0.25) is 0 Å². The van der Waals surface area contributed by atoms with Gasteiger partial charge in [-0.3, -0.25) is 14.5 Å². The quantitative estimate of drug-likeness (QED) is 0.385. The number of esters is 4. The summed E-state index contributed by atoms with van der Waals surface area (Å²) in [6.07, 6.45) is 0. The number of carbonyl (C=O) groups is 5. The minimum atomic E-state index is -2.63. The van der Waals surface area contributed by atoms with Gasteiger partial charge in [-0.15, -0.1) is 0 Å². The van der Waals surface area contributed by atoms with Gasteiger partial charge in [-0.2, -0.15) is 0 Å². The Kier molecular flexibility index (Phi) is 4.87. The van der Waals surface area contributed by atoms with Crippen molar-refractivity contribution in [2.45, 2.75) is 5.54 Å². The third kappa shape index (κ3) is 2.38. The first-order chi connectivity index (χ1) is 13.8. The molecule has 0 saturated heterocycles. The minimum absolute atomic E-state index is 0.108. The first-order valence-electron chi connectivity index (χ1n) is 8.33. The summed E-state index contributed by atoms with van der Waals surface area (Å²) in [7, 11) is 4.03. The number of fused-ring (bicyclic) bond motifs is 3. The lowest BCUT2D eigenvalue weighted by molar-refractivity contribution is -0.175. The number of nitrogens with zero attached hydrogens (tertiary/aromatic N) is 1. The number of amides is 1. The predicted molar refractivity (Wildman–Crippen MR) is 93.8 cm³/mol. The van der Waals surface area contributed by atoms with Crippen LogP contribution in [-0.2, 0) is 38.1 Å². The zero-order valence-corrected chi connectivity index (χ0v) is 16.0. The molecule has 0 spiro atoms. The van der Waals surface area contributed by atoms with E-state index in [1.54, 1.807) is 12.1 Å². The summed E-state index contributed by atoms with van der Waals surface area (Å²) in [5.41, 5.74) is -2.74. The third-order valence-electron chi connectivity index (χ3n) is 4.99. The fourth-order valence-electron chi connectivity index (χ4n) is 3.84. The van der Waals surface area contributed by atoms with Crippen LogP contribution >= 0.6 is 0 Å². The highest BCUT2D eigenvalue weighted by atomic mass is 16.6. The van der Waals surface area contributed by atoms with Gasteiger partial charge in [-0.05, 0) is 6.07 Å². The van der Waals surface area contributed by atoms with E-state index < -0.39 is 41.2 Å². The largest absolute Gasteiger partial charge is 0.468 e. The van der Waals surface area contributed by atoms with Crippen molar-refractivity contribution in [1.82, 2.24) is 4.90 Å². The molecule has 152 valence electrons. The molecule has 2 heterocycles. The SMILES string of the molecule is COC(=O)C1=C2c3ccccc3C(=O)N2C(C(=O)OC)(C(=O)OC)C1C(=O)OC. The summed E-state index contributed by atoms with van der Waals surface area (Å²) >= 11 is 0.